The van der Waals surface area contributed by atoms with E-state index in [4.69, 9.17) is 11.6 Å². The molecule has 0 aliphatic rings. The van der Waals surface area contributed by atoms with Crippen molar-refractivity contribution in [2.75, 3.05) is 4.72 Å². The monoisotopic (exact) mass is 349 g/mol. The Bertz CT molecular complexity index is 877. The largest absolute Gasteiger partial charge is 0.299 e. The summed E-state index contributed by atoms with van der Waals surface area (Å²) in [7, 11) is -1.46. The second kappa shape index (κ2) is 6.76. The van der Waals surface area contributed by atoms with Crippen molar-refractivity contribution >= 4 is 28.3 Å². The Morgan fingerprint density at radius 3 is 2.74 bits per heavy atom. The zero-order valence-corrected chi connectivity index (χ0v) is 13.3. The summed E-state index contributed by atoms with van der Waals surface area (Å²) in [5.41, 5.74) is 0.556. The number of rotatable bonds is 5. The summed E-state index contributed by atoms with van der Waals surface area (Å²) in [6.45, 7) is 0. The topological polar surface area (TPSA) is 92.7 Å². The van der Waals surface area contributed by atoms with Crippen LogP contribution in [0.15, 0.2) is 53.7 Å². The zero-order chi connectivity index (χ0) is 16.2. The number of halogens is 1. The Kier molecular flexibility index (Phi) is 4.54. The summed E-state index contributed by atoms with van der Waals surface area (Å²) in [5.74, 6) is 0.534. The summed E-state index contributed by atoms with van der Waals surface area (Å²) in [6, 6.07) is 8.73. The van der Waals surface area contributed by atoms with Gasteiger partial charge in [-0.3, -0.25) is 14.5 Å². The third kappa shape index (κ3) is 3.85. The summed E-state index contributed by atoms with van der Waals surface area (Å²) in [6.07, 6.45) is 4.56. The molecule has 118 valence electrons. The first-order valence-electron chi connectivity index (χ1n) is 6.60. The molecule has 0 bridgehead atoms. The average molecular weight is 350 g/mol. The highest BCUT2D eigenvalue weighted by atomic mass is 35.5. The molecule has 0 radical (unpaired) electrons. The third-order valence-corrected chi connectivity index (χ3v) is 4.24. The molecule has 2 heterocycles. The van der Waals surface area contributed by atoms with E-state index in [0.29, 0.717) is 5.02 Å². The van der Waals surface area contributed by atoms with Crippen molar-refractivity contribution in [3.05, 3.63) is 69.9 Å². The van der Waals surface area contributed by atoms with Crippen LogP contribution in [0.2, 0.25) is 5.02 Å². The van der Waals surface area contributed by atoms with Crippen LogP contribution < -0.4 is 10.3 Å². The first kappa shape index (κ1) is 15.4. The van der Waals surface area contributed by atoms with Gasteiger partial charge in [0.15, 0.2) is 0 Å². The number of nitrogens with one attached hydrogen (secondary N) is 2. The molecule has 0 spiro atoms. The number of nitrogens with zero attached hydrogens (tertiary/aromatic N) is 3. The highest BCUT2D eigenvalue weighted by molar-refractivity contribution is 7.85. The van der Waals surface area contributed by atoms with Gasteiger partial charge in [0.05, 0.1) is 11.9 Å². The van der Waals surface area contributed by atoms with Crippen molar-refractivity contribution in [3.8, 4) is 5.95 Å². The van der Waals surface area contributed by atoms with Crippen LogP contribution in [-0.4, -0.2) is 24.0 Å². The molecule has 1 aromatic carbocycles. The SMILES string of the molecule is O=c1[nH]c(-n2cccn2)ncc1NS(=O)Cc1ccc(Cl)cc1. The molecule has 0 fully saturated rings. The van der Waals surface area contributed by atoms with E-state index >= 15 is 0 Å². The maximum atomic E-state index is 12.1. The van der Waals surface area contributed by atoms with Crippen molar-refractivity contribution in [1.82, 2.24) is 19.7 Å². The Morgan fingerprint density at radius 2 is 2.09 bits per heavy atom. The van der Waals surface area contributed by atoms with Gasteiger partial charge in [0.1, 0.15) is 16.7 Å². The van der Waals surface area contributed by atoms with E-state index in [-0.39, 0.29) is 17.4 Å². The van der Waals surface area contributed by atoms with Crippen molar-refractivity contribution in [2.45, 2.75) is 5.75 Å². The lowest BCUT2D eigenvalue weighted by Crippen LogP contribution is -2.19. The van der Waals surface area contributed by atoms with Gasteiger partial charge in [0.25, 0.3) is 5.56 Å². The van der Waals surface area contributed by atoms with Crippen LogP contribution in [0.5, 0.6) is 0 Å². The molecule has 0 aliphatic carbocycles. The number of H-pyrrole nitrogens is 1. The van der Waals surface area contributed by atoms with E-state index in [1.54, 1.807) is 42.7 Å². The van der Waals surface area contributed by atoms with Crippen molar-refractivity contribution in [1.29, 1.82) is 0 Å². The molecular weight excluding hydrogens is 338 g/mol. The van der Waals surface area contributed by atoms with Gasteiger partial charge < -0.3 is 0 Å². The highest BCUT2D eigenvalue weighted by Crippen LogP contribution is 2.11. The molecule has 2 N–H and O–H groups in total. The minimum Gasteiger partial charge on any atom is -0.299 e. The van der Waals surface area contributed by atoms with Crippen LogP contribution in [0.1, 0.15) is 5.56 Å². The number of anilines is 1. The molecule has 23 heavy (non-hydrogen) atoms. The molecule has 2 aromatic heterocycles. The second-order valence-corrected chi connectivity index (χ2v) is 6.24. The molecule has 0 saturated heterocycles. The van der Waals surface area contributed by atoms with Gasteiger partial charge in [-0.25, -0.2) is 13.9 Å². The molecule has 1 atom stereocenters. The van der Waals surface area contributed by atoms with Gasteiger partial charge in [0, 0.05) is 17.4 Å². The minimum absolute atomic E-state index is 0.133. The number of aromatic nitrogens is 4. The van der Waals surface area contributed by atoms with Crippen LogP contribution in [-0.2, 0) is 16.7 Å². The summed E-state index contributed by atoms with van der Waals surface area (Å²) < 4.78 is 16.2. The number of hydrogen-bond donors (Lipinski definition) is 2. The quantitative estimate of drug-likeness (QED) is 0.735. The zero-order valence-electron chi connectivity index (χ0n) is 11.8. The molecular formula is C14H12ClN5O2S. The van der Waals surface area contributed by atoms with Gasteiger partial charge in [-0.15, -0.1) is 0 Å². The molecule has 3 aromatic rings. The van der Waals surface area contributed by atoms with Crippen molar-refractivity contribution in [2.24, 2.45) is 0 Å². The fourth-order valence-electron chi connectivity index (χ4n) is 1.86. The van der Waals surface area contributed by atoms with E-state index in [2.05, 4.69) is 19.8 Å². The predicted octanol–water partition coefficient (Wildman–Crippen LogP) is 1.88. The number of hydrogen-bond acceptors (Lipinski definition) is 4. The lowest BCUT2D eigenvalue weighted by Gasteiger charge is -2.06. The van der Waals surface area contributed by atoms with Crippen LogP contribution >= 0.6 is 11.6 Å². The smallest absolute Gasteiger partial charge is 0.276 e. The van der Waals surface area contributed by atoms with Gasteiger partial charge in [-0.05, 0) is 23.8 Å². The van der Waals surface area contributed by atoms with E-state index in [1.165, 1.54) is 10.9 Å². The second-order valence-electron chi connectivity index (χ2n) is 4.62. The van der Waals surface area contributed by atoms with Gasteiger partial charge in [-0.1, -0.05) is 23.7 Å². The number of aromatic amines is 1. The fraction of sp³-hybridized carbons (Fsp3) is 0.0714. The van der Waals surface area contributed by atoms with Gasteiger partial charge in [0.2, 0.25) is 5.95 Å². The molecule has 0 amide bonds. The maximum absolute atomic E-state index is 12.1. The first-order chi connectivity index (χ1) is 11.1. The highest BCUT2D eigenvalue weighted by Gasteiger charge is 2.08. The lowest BCUT2D eigenvalue weighted by atomic mass is 10.2. The van der Waals surface area contributed by atoms with Crippen LogP contribution in [0.4, 0.5) is 5.69 Å². The molecule has 0 saturated carbocycles. The van der Waals surface area contributed by atoms with Crippen LogP contribution in [0, 0.1) is 0 Å². The average Bonchev–Trinajstić information content (AvgIpc) is 3.06. The maximum Gasteiger partial charge on any atom is 0.276 e. The summed E-state index contributed by atoms with van der Waals surface area (Å²) >= 11 is 5.80. The van der Waals surface area contributed by atoms with Crippen molar-refractivity contribution in [3.63, 3.8) is 0 Å². The third-order valence-electron chi connectivity index (χ3n) is 2.94. The molecule has 3 rings (SSSR count). The Hall–Kier alpha value is -2.45. The molecule has 1 unspecified atom stereocenters. The van der Waals surface area contributed by atoms with Crippen LogP contribution in [0.3, 0.4) is 0 Å². The van der Waals surface area contributed by atoms with Gasteiger partial charge >= 0.3 is 0 Å². The summed E-state index contributed by atoms with van der Waals surface area (Å²) in [5, 5.41) is 4.59. The first-order valence-corrected chi connectivity index (χ1v) is 8.30. The standard InChI is InChI=1S/C14H12ClN5O2S/c15-11-4-2-10(3-5-11)9-23(22)19-12-8-16-14(18-13(12)21)20-7-1-6-17-20/h1-8,19H,9H2,(H,16,18,21). The lowest BCUT2D eigenvalue weighted by molar-refractivity contribution is 0.685. The normalized spacial score (nSPS) is 12.0. The van der Waals surface area contributed by atoms with E-state index in [0.717, 1.165) is 5.56 Å². The van der Waals surface area contributed by atoms with E-state index in [1.807, 2.05) is 0 Å². The number of benzene rings is 1. The molecule has 9 heteroatoms. The fourth-order valence-corrected chi connectivity index (χ4v) is 2.94. The summed E-state index contributed by atoms with van der Waals surface area (Å²) in [4.78, 5) is 18.7. The molecule has 0 aliphatic heterocycles. The van der Waals surface area contributed by atoms with Crippen LogP contribution in [0.25, 0.3) is 5.95 Å². The Morgan fingerprint density at radius 1 is 1.30 bits per heavy atom. The molecule has 7 nitrogen and oxygen atoms in total. The Balaban J connectivity index is 1.71. The van der Waals surface area contributed by atoms with Crippen molar-refractivity contribution < 1.29 is 4.21 Å². The Labute approximate surface area is 138 Å². The predicted molar refractivity (Wildman–Crippen MR) is 88.9 cm³/mol. The van der Waals surface area contributed by atoms with Gasteiger partial charge in [-0.2, -0.15) is 5.10 Å². The minimum atomic E-state index is -1.46. The van der Waals surface area contributed by atoms with E-state index in [9.17, 15) is 9.00 Å². The van der Waals surface area contributed by atoms with E-state index < -0.39 is 16.5 Å².